The van der Waals surface area contributed by atoms with Gasteiger partial charge in [-0.15, -0.1) is 0 Å². The van der Waals surface area contributed by atoms with Crippen molar-refractivity contribution in [1.82, 2.24) is 10.9 Å². The molecule has 0 atom stereocenters. The molecule has 1 aromatic carbocycles. The van der Waals surface area contributed by atoms with Crippen LogP contribution in [0, 0.1) is 0 Å². The van der Waals surface area contributed by atoms with Crippen molar-refractivity contribution < 1.29 is 18.0 Å². The zero-order valence-electron chi connectivity index (χ0n) is 9.97. The Morgan fingerprint density at radius 2 is 2.00 bits per heavy atom. The van der Waals surface area contributed by atoms with Crippen LogP contribution in [0.15, 0.2) is 24.3 Å². The van der Waals surface area contributed by atoms with Crippen molar-refractivity contribution in [2.45, 2.75) is 19.5 Å². The van der Waals surface area contributed by atoms with Crippen molar-refractivity contribution in [2.75, 3.05) is 5.32 Å². The van der Waals surface area contributed by atoms with Crippen LogP contribution in [0.25, 0.3) is 0 Å². The minimum atomic E-state index is -4.41. The molecule has 0 fully saturated rings. The largest absolute Gasteiger partial charge is 0.416 e. The van der Waals surface area contributed by atoms with Gasteiger partial charge in [0.25, 0.3) is 0 Å². The number of hydrogen-bond acceptors (Lipinski definition) is 2. The molecule has 19 heavy (non-hydrogen) atoms. The molecule has 4 nitrogen and oxygen atoms in total. The van der Waals surface area contributed by atoms with E-state index in [1.54, 1.807) is 6.92 Å². The Bertz CT molecular complexity index is 476. The van der Waals surface area contributed by atoms with Crippen LogP contribution in [0.4, 0.5) is 18.9 Å². The van der Waals surface area contributed by atoms with Gasteiger partial charge in [-0.1, -0.05) is 13.0 Å². The van der Waals surface area contributed by atoms with E-state index in [1.807, 2.05) is 0 Å². The number of anilines is 1. The molecule has 0 aromatic heterocycles. The third-order valence-corrected chi connectivity index (χ3v) is 2.29. The number of halogens is 3. The van der Waals surface area contributed by atoms with Crippen molar-refractivity contribution in [3.05, 3.63) is 29.8 Å². The predicted octanol–water partition coefficient (Wildman–Crippen LogP) is 2.43. The highest BCUT2D eigenvalue weighted by Gasteiger charge is 2.30. The summed E-state index contributed by atoms with van der Waals surface area (Å²) in [5.74, 6) is -0.284. The lowest BCUT2D eigenvalue weighted by molar-refractivity contribution is -0.137. The summed E-state index contributed by atoms with van der Waals surface area (Å²) in [6.07, 6.45) is -4.15. The number of amides is 1. The molecule has 0 aliphatic heterocycles. The number of hydrogen-bond donors (Lipinski definition) is 3. The van der Waals surface area contributed by atoms with E-state index in [0.717, 1.165) is 12.1 Å². The molecule has 0 saturated heterocycles. The van der Waals surface area contributed by atoms with Crippen LogP contribution in [0.1, 0.15) is 18.9 Å². The summed E-state index contributed by atoms with van der Waals surface area (Å²) in [6.45, 7) is 1.65. The normalized spacial score (nSPS) is 10.7. The van der Waals surface area contributed by atoms with E-state index in [-0.39, 0.29) is 23.1 Å². The number of carbonyl (C=O) groups is 1. The first-order chi connectivity index (χ1) is 8.82. The van der Waals surface area contributed by atoms with Crippen molar-refractivity contribution in [1.29, 1.82) is 0 Å². The maximum absolute atomic E-state index is 12.5. The monoisotopic (exact) mass is 291 g/mol. The third-order valence-electron chi connectivity index (χ3n) is 2.08. The summed E-state index contributed by atoms with van der Waals surface area (Å²) >= 11 is 4.82. The Balaban J connectivity index is 2.62. The molecule has 0 saturated carbocycles. The molecule has 8 heteroatoms. The lowest BCUT2D eigenvalue weighted by Crippen LogP contribution is -2.43. The number of alkyl halides is 3. The summed E-state index contributed by atoms with van der Waals surface area (Å²) < 4.78 is 37.4. The SMILES string of the molecule is CCC(=O)NNC(=S)Nc1cccc(C(F)(F)F)c1. The highest BCUT2D eigenvalue weighted by atomic mass is 32.1. The lowest BCUT2D eigenvalue weighted by Gasteiger charge is -2.12. The summed E-state index contributed by atoms with van der Waals surface area (Å²) in [5.41, 5.74) is 4.06. The Kier molecular flexibility index (Phi) is 5.11. The molecular formula is C11H12F3N3OS. The molecular weight excluding hydrogens is 279 g/mol. The minimum absolute atomic E-state index is 0.00104. The van der Waals surface area contributed by atoms with E-state index in [4.69, 9.17) is 12.2 Å². The first kappa shape index (κ1) is 15.2. The maximum Gasteiger partial charge on any atom is 0.416 e. The van der Waals surface area contributed by atoms with Crippen molar-refractivity contribution in [3.63, 3.8) is 0 Å². The summed E-state index contributed by atoms with van der Waals surface area (Å²) in [4.78, 5) is 10.9. The van der Waals surface area contributed by atoms with E-state index in [9.17, 15) is 18.0 Å². The standard InChI is InChI=1S/C11H12F3N3OS/c1-2-9(18)16-17-10(19)15-8-5-3-4-7(6-8)11(12,13)14/h3-6H,2H2,1H3,(H,16,18)(H2,15,17,19). The highest BCUT2D eigenvalue weighted by Crippen LogP contribution is 2.30. The molecule has 0 spiro atoms. The van der Waals surface area contributed by atoms with E-state index in [1.165, 1.54) is 12.1 Å². The van der Waals surface area contributed by atoms with Crippen molar-refractivity contribution >= 4 is 28.9 Å². The van der Waals surface area contributed by atoms with Crippen molar-refractivity contribution in [2.24, 2.45) is 0 Å². The zero-order chi connectivity index (χ0) is 14.5. The smallest absolute Gasteiger partial charge is 0.331 e. The Morgan fingerprint density at radius 3 is 2.58 bits per heavy atom. The van der Waals surface area contributed by atoms with Gasteiger partial charge in [0.05, 0.1) is 5.56 Å². The maximum atomic E-state index is 12.5. The molecule has 1 rings (SSSR count). The number of carbonyl (C=O) groups excluding carboxylic acids is 1. The van der Waals surface area contributed by atoms with Gasteiger partial charge in [0.2, 0.25) is 5.91 Å². The molecule has 1 aromatic rings. The van der Waals surface area contributed by atoms with Gasteiger partial charge in [-0.3, -0.25) is 15.6 Å². The molecule has 104 valence electrons. The van der Waals surface area contributed by atoms with Gasteiger partial charge in [0.15, 0.2) is 5.11 Å². The van der Waals surface area contributed by atoms with Gasteiger partial charge in [-0.2, -0.15) is 13.2 Å². The van der Waals surface area contributed by atoms with Gasteiger partial charge in [0, 0.05) is 12.1 Å². The van der Waals surface area contributed by atoms with E-state index in [2.05, 4.69) is 16.2 Å². The quantitative estimate of drug-likeness (QED) is 0.578. The van der Waals surface area contributed by atoms with Crippen LogP contribution in [0.3, 0.4) is 0 Å². The Morgan fingerprint density at radius 1 is 1.32 bits per heavy atom. The summed E-state index contributed by atoms with van der Waals surface area (Å²) in [7, 11) is 0. The zero-order valence-corrected chi connectivity index (χ0v) is 10.8. The number of thiocarbonyl (C=S) groups is 1. The predicted molar refractivity (Wildman–Crippen MR) is 69.2 cm³/mol. The van der Waals surface area contributed by atoms with Gasteiger partial charge in [-0.05, 0) is 30.4 Å². The molecule has 0 radical (unpaired) electrons. The first-order valence-electron chi connectivity index (χ1n) is 5.36. The van der Waals surface area contributed by atoms with E-state index < -0.39 is 11.7 Å². The number of benzene rings is 1. The van der Waals surface area contributed by atoms with Crippen LogP contribution in [-0.4, -0.2) is 11.0 Å². The molecule has 3 N–H and O–H groups in total. The van der Waals surface area contributed by atoms with E-state index in [0.29, 0.717) is 0 Å². The molecule has 0 heterocycles. The van der Waals surface area contributed by atoms with Crippen LogP contribution in [0.2, 0.25) is 0 Å². The summed E-state index contributed by atoms with van der Waals surface area (Å²) in [5, 5.41) is 2.54. The van der Waals surface area contributed by atoms with Gasteiger partial charge >= 0.3 is 6.18 Å². The second-order valence-corrected chi connectivity index (χ2v) is 3.97. The number of nitrogens with one attached hydrogen (secondary N) is 3. The van der Waals surface area contributed by atoms with Gasteiger partial charge in [0.1, 0.15) is 0 Å². The van der Waals surface area contributed by atoms with Crippen molar-refractivity contribution in [3.8, 4) is 0 Å². The highest BCUT2D eigenvalue weighted by molar-refractivity contribution is 7.80. The molecule has 0 aliphatic rings. The fourth-order valence-electron chi connectivity index (χ4n) is 1.15. The van der Waals surface area contributed by atoms with Crippen LogP contribution >= 0.6 is 12.2 Å². The first-order valence-corrected chi connectivity index (χ1v) is 5.77. The average Bonchev–Trinajstić information content (AvgIpc) is 2.35. The molecule has 0 bridgehead atoms. The van der Waals surface area contributed by atoms with Gasteiger partial charge in [-0.25, -0.2) is 0 Å². The molecule has 1 amide bonds. The average molecular weight is 291 g/mol. The second kappa shape index (κ2) is 6.37. The fraction of sp³-hybridized carbons (Fsp3) is 0.273. The fourth-order valence-corrected chi connectivity index (χ4v) is 1.32. The molecule has 0 unspecified atom stereocenters. The lowest BCUT2D eigenvalue weighted by atomic mass is 10.2. The second-order valence-electron chi connectivity index (χ2n) is 3.56. The third kappa shape index (κ3) is 5.12. The van der Waals surface area contributed by atoms with Crippen LogP contribution < -0.4 is 16.2 Å². The molecule has 0 aliphatic carbocycles. The number of rotatable bonds is 2. The Labute approximate surface area is 113 Å². The van der Waals surface area contributed by atoms with E-state index >= 15 is 0 Å². The van der Waals surface area contributed by atoms with Crippen LogP contribution in [0.5, 0.6) is 0 Å². The topological polar surface area (TPSA) is 53.2 Å². The van der Waals surface area contributed by atoms with Gasteiger partial charge < -0.3 is 5.32 Å². The summed E-state index contributed by atoms with van der Waals surface area (Å²) in [6, 6.07) is 4.58. The Hall–Kier alpha value is -1.83. The minimum Gasteiger partial charge on any atom is -0.331 e. The number of hydrazine groups is 1. The van der Waals surface area contributed by atoms with Crippen LogP contribution in [-0.2, 0) is 11.0 Å².